The van der Waals surface area contributed by atoms with E-state index in [-0.39, 0.29) is 17.9 Å². The number of anilines is 1. The molecule has 21 heavy (non-hydrogen) atoms. The summed E-state index contributed by atoms with van der Waals surface area (Å²) in [6.07, 6.45) is 0. The van der Waals surface area contributed by atoms with Crippen molar-refractivity contribution >= 4 is 11.8 Å². The first kappa shape index (κ1) is 14.9. The lowest BCUT2D eigenvalue weighted by Crippen LogP contribution is -2.11. The van der Waals surface area contributed by atoms with Crippen LogP contribution in [0.2, 0.25) is 0 Å². The van der Waals surface area contributed by atoms with E-state index in [1.54, 1.807) is 19.9 Å². The number of hydrogen-bond acceptors (Lipinski definition) is 3. The van der Waals surface area contributed by atoms with Crippen LogP contribution in [0.1, 0.15) is 27.2 Å². The normalized spacial score (nSPS) is 10.5. The molecule has 0 aliphatic carbocycles. The van der Waals surface area contributed by atoms with E-state index in [0.717, 1.165) is 12.1 Å². The number of halogens is 2. The van der Waals surface area contributed by atoms with Gasteiger partial charge < -0.3 is 10.4 Å². The quantitative estimate of drug-likeness (QED) is 0.907. The van der Waals surface area contributed by atoms with Crippen molar-refractivity contribution in [1.82, 2.24) is 4.98 Å². The zero-order chi connectivity index (χ0) is 15.6. The Bertz CT molecular complexity index is 702. The lowest BCUT2D eigenvalue weighted by atomic mass is 10.1. The molecule has 0 aliphatic heterocycles. The van der Waals surface area contributed by atoms with Crippen molar-refractivity contribution < 1.29 is 18.7 Å². The van der Waals surface area contributed by atoms with Crippen molar-refractivity contribution in [3.63, 3.8) is 0 Å². The fourth-order valence-corrected chi connectivity index (χ4v) is 2.07. The smallest absolute Gasteiger partial charge is 0.339 e. The van der Waals surface area contributed by atoms with Crippen molar-refractivity contribution in [1.29, 1.82) is 0 Å². The third kappa shape index (κ3) is 3.34. The maximum absolute atomic E-state index is 13.1. The summed E-state index contributed by atoms with van der Waals surface area (Å²) in [7, 11) is 0. The van der Waals surface area contributed by atoms with Gasteiger partial charge in [0.05, 0.1) is 0 Å². The summed E-state index contributed by atoms with van der Waals surface area (Å²) in [4.78, 5) is 15.4. The number of nitrogens with one attached hydrogen (secondary N) is 1. The summed E-state index contributed by atoms with van der Waals surface area (Å²) in [5.74, 6) is -2.74. The molecule has 0 unspecified atom stereocenters. The molecular formula is C15H14F2N2O2. The van der Waals surface area contributed by atoms with Gasteiger partial charge in [-0.3, -0.25) is 0 Å². The van der Waals surface area contributed by atoms with Crippen molar-refractivity contribution in [3.8, 4) is 0 Å². The number of benzene rings is 1. The molecule has 0 amide bonds. The third-order valence-electron chi connectivity index (χ3n) is 3.00. The van der Waals surface area contributed by atoms with Crippen LogP contribution < -0.4 is 5.32 Å². The first-order valence-electron chi connectivity index (χ1n) is 6.28. The van der Waals surface area contributed by atoms with E-state index in [0.29, 0.717) is 16.8 Å². The highest BCUT2D eigenvalue weighted by Crippen LogP contribution is 2.20. The van der Waals surface area contributed by atoms with Crippen LogP contribution in [-0.2, 0) is 6.54 Å². The number of carboxylic acid groups (broad SMARTS) is 1. The van der Waals surface area contributed by atoms with Gasteiger partial charge >= 0.3 is 5.97 Å². The molecule has 0 atom stereocenters. The van der Waals surface area contributed by atoms with E-state index in [9.17, 15) is 18.7 Å². The van der Waals surface area contributed by atoms with Crippen LogP contribution in [0.25, 0.3) is 0 Å². The number of nitrogens with zero attached hydrogens (tertiary/aromatic N) is 1. The number of rotatable bonds is 4. The molecule has 0 radical (unpaired) electrons. The van der Waals surface area contributed by atoms with E-state index in [2.05, 4.69) is 10.3 Å². The average molecular weight is 292 g/mol. The summed E-state index contributed by atoms with van der Waals surface area (Å²) >= 11 is 0. The van der Waals surface area contributed by atoms with Gasteiger partial charge in [0.25, 0.3) is 0 Å². The Morgan fingerprint density at radius 3 is 2.57 bits per heavy atom. The Hall–Kier alpha value is -2.50. The summed E-state index contributed by atoms with van der Waals surface area (Å²) in [6, 6.07) is 5.19. The van der Waals surface area contributed by atoms with E-state index in [4.69, 9.17) is 0 Å². The molecule has 110 valence electrons. The predicted octanol–water partition coefficient (Wildman–Crippen LogP) is 3.29. The Labute approximate surface area is 120 Å². The number of carboxylic acids is 1. The van der Waals surface area contributed by atoms with Gasteiger partial charge in [0.2, 0.25) is 0 Å². The lowest BCUT2D eigenvalue weighted by molar-refractivity contribution is 0.0696. The molecule has 0 saturated carbocycles. The molecule has 4 nitrogen and oxygen atoms in total. The van der Waals surface area contributed by atoms with Gasteiger partial charge in [-0.25, -0.2) is 18.6 Å². The molecule has 0 bridgehead atoms. The van der Waals surface area contributed by atoms with Gasteiger partial charge in [-0.2, -0.15) is 0 Å². The topological polar surface area (TPSA) is 62.2 Å². The average Bonchev–Trinajstić information content (AvgIpc) is 2.38. The fraction of sp³-hybridized carbons (Fsp3) is 0.200. The van der Waals surface area contributed by atoms with Gasteiger partial charge in [-0.05, 0) is 43.2 Å². The third-order valence-corrected chi connectivity index (χ3v) is 3.00. The highest BCUT2D eigenvalue weighted by atomic mass is 19.2. The first-order chi connectivity index (χ1) is 9.88. The minimum absolute atomic E-state index is 0.0724. The second-order valence-corrected chi connectivity index (χ2v) is 4.71. The van der Waals surface area contributed by atoms with E-state index >= 15 is 0 Å². The van der Waals surface area contributed by atoms with Crippen molar-refractivity contribution in [2.45, 2.75) is 20.4 Å². The van der Waals surface area contributed by atoms with Gasteiger partial charge in [-0.1, -0.05) is 6.07 Å². The Morgan fingerprint density at radius 1 is 1.24 bits per heavy atom. The zero-order valence-electron chi connectivity index (χ0n) is 11.6. The van der Waals surface area contributed by atoms with Crippen molar-refractivity contribution in [2.75, 3.05) is 5.32 Å². The van der Waals surface area contributed by atoms with E-state index in [1.165, 1.54) is 6.07 Å². The molecule has 2 aromatic rings. The molecule has 2 N–H and O–H groups in total. The fourth-order valence-electron chi connectivity index (χ4n) is 2.07. The van der Waals surface area contributed by atoms with Crippen LogP contribution in [0, 0.1) is 25.5 Å². The van der Waals surface area contributed by atoms with Gasteiger partial charge in [-0.15, -0.1) is 0 Å². The Kier molecular flexibility index (Phi) is 4.16. The molecule has 0 saturated heterocycles. The summed E-state index contributed by atoms with van der Waals surface area (Å²) in [5.41, 5.74) is 1.82. The van der Waals surface area contributed by atoms with Gasteiger partial charge in [0.15, 0.2) is 11.6 Å². The summed E-state index contributed by atoms with van der Waals surface area (Å²) in [5, 5.41) is 12.1. The van der Waals surface area contributed by atoms with Crippen LogP contribution in [0.5, 0.6) is 0 Å². The van der Waals surface area contributed by atoms with E-state index in [1.807, 2.05) is 0 Å². The number of aromatic nitrogens is 1. The van der Waals surface area contributed by atoms with Crippen molar-refractivity contribution in [3.05, 3.63) is 58.3 Å². The highest BCUT2D eigenvalue weighted by molar-refractivity contribution is 5.94. The maximum Gasteiger partial charge on any atom is 0.339 e. The molecule has 0 spiro atoms. The molecular weight excluding hydrogens is 278 g/mol. The Morgan fingerprint density at radius 2 is 1.95 bits per heavy atom. The zero-order valence-corrected chi connectivity index (χ0v) is 11.6. The van der Waals surface area contributed by atoms with Crippen LogP contribution in [0.15, 0.2) is 24.3 Å². The molecule has 2 rings (SSSR count). The van der Waals surface area contributed by atoms with Crippen LogP contribution in [-0.4, -0.2) is 16.1 Å². The highest BCUT2D eigenvalue weighted by Gasteiger charge is 2.15. The Balaban J connectivity index is 2.27. The van der Waals surface area contributed by atoms with Crippen LogP contribution >= 0.6 is 0 Å². The van der Waals surface area contributed by atoms with Gasteiger partial charge in [0.1, 0.15) is 11.4 Å². The molecule has 1 heterocycles. The predicted molar refractivity (Wildman–Crippen MR) is 74.4 cm³/mol. The molecule has 6 heteroatoms. The number of aryl methyl sites for hydroxylation is 2. The molecule has 1 aromatic carbocycles. The second-order valence-electron chi connectivity index (χ2n) is 4.71. The van der Waals surface area contributed by atoms with Gasteiger partial charge in [0, 0.05) is 12.2 Å². The standard InChI is InChI=1S/C15H14F2N2O2/c1-8-5-9(2)19-14(13(8)15(20)21)18-7-10-3-4-11(16)12(17)6-10/h3-6H,7H2,1-2H3,(H,18,19)(H,20,21). The molecule has 0 fully saturated rings. The van der Waals surface area contributed by atoms with Crippen molar-refractivity contribution in [2.24, 2.45) is 0 Å². The number of pyridine rings is 1. The van der Waals surface area contributed by atoms with Crippen LogP contribution in [0.3, 0.4) is 0 Å². The summed E-state index contributed by atoms with van der Waals surface area (Å²) < 4.78 is 26.0. The van der Waals surface area contributed by atoms with E-state index < -0.39 is 17.6 Å². The minimum atomic E-state index is -1.09. The molecule has 0 aliphatic rings. The SMILES string of the molecule is Cc1cc(C)c(C(=O)O)c(NCc2ccc(F)c(F)c2)n1. The number of aromatic carboxylic acids is 1. The maximum atomic E-state index is 13.1. The largest absolute Gasteiger partial charge is 0.478 e. The molecule has 1 aromatic heterocycles. The minimum Gasteiger partial charge on any atom is -0.478 e. The second kappa shape index (κ2) is 5.87. The summed E-state index contributed by atoms with van der Waals surface area (Å²) in [6.45, 7) is 3.58. The first-order valence-corrected chi connectivity index (χ1v) is 6.28. The lowest BCUT2D eigenvalue weighted by Gasteiger charge is -2.12. The number of carbonyl (C=O) groups is 1. The monoisotopic (exact) mass is 292 g/mol. The van der Waals surface area contributed by atoms with Crippen LogP contribution in [0.4, 0.5) is 14.6 Å². The number of hydrogen-bond donors (Lipinski definition) is 2.